The lowest BCUT2D eigenvalue weighted by Crippen LogP contribution is -2.30. The maximum atomic E-state index is 12.9. The van der Waals surface area contributed by atoms with Gasteiger partial charge in [-0.05, 0) is 41.8 Å². The molecule has 0 aliphatic rings. The van der Waals surface area contributed by atoms with E-state index in [1.54, 1.807) is 23.9 Å². The number of aromatic nitrogens is 2. The number of carbonyl (C=O) groups excluding carboxylic acids is 1. The number of hydrogen-bond acceptors (Lipinski definition) is 8. The van der Waals surface area contributed by atoms with Crippen molar-refractivity contribution < 1.29 is 41.0 Å². The van der Waals surface area contributed by atoms with Crippen molar-refractivity contribution in [3.05, 3.63) is 70.1 Å². The maximum absolute atomic E-state index is 12.9. The largest absolute Gasteiger partial charge is 0.496 e. The molecule has 4 rings (SSSR count). The second kappa shape index (κ2) is 17.0. The summed E-state index contributed by atoms with van der Waals surface area (Å²) in [5.41, 5.74) is 7.99. The monoisotopic (exact) mass is 678 g/mol. The SMILES string of the molecule is C.CC(F)(F)F.CCc1cccc(Cn2nc(NS(=O)(=O)c3ccc(Cl)s3)c3c(OC)cccc32)c1.NC(CC=O)C(=O)O. The predicted molar refractivity (Wildman–Crippen MR) is 166 cm³/mol. The third-order valence-electron chi connectivity index (χ3n) is 5.40. The average molecular weight is 679 g/mol. The third-order valence-corrected chi connectivity index (χ3v) is 8.47. The molecule has 10 nitrogen and oxygen atoms in total. The van der Waals surface area contributed by atoms with Gasteiger partial charge in [0.2, 0.25) is 0 Å². The molecule has 4 N–H and O–H groups in total. The normalized spacial score (nSPS) is 11.6. The summed E-state index contributed by atoms with van der Waals surface area (Å²) < 4.78 is 67.2. The number of benzene rings is 2. The Morgan fingerprint density at radius 2 is 1.82 bits per heavy atom. The van der Waals surface area contributed by atoms with Gasteiger partial charge in [-0.15, -0.1) is 11.3 Å². The first-order valence-corrected chi connectivity index (χ1v) is 15.2. The first-order valence-electron chi connectivity index (χ1n) is 12.5. The number of halogens is 4. The molecule has 242 valence electrons. The summed E-state index contributed by atoms with van der Waals surface area (Å²) in [5, 5.41) is 13.2. The highest BCUT2D eigenvalue weighted by molar-refractivity contribution is 7.94. The quantitative estimate of drug-likeness (QED) is 0.164. The van der Waals surface area contributed by atoms with Crippen molar-refractivity contribution in [1.29, 1.82) is 0 Å². The van der Waals surface area contributed by atoms with Crippen LogP contribution in [0.15, 0.2) is 58.8 Å². The van der Waals surface area contributed by atoms with Crippen LogP contribution in [0.5, 0.6) is 5.75 Å². The van der Waals surface area contributed by atoms with E-state index in [0.29, 0.717) is 28.3 Å². The number of carboxylic acid groups (broad SMARTS) is 1. The van der Waals surface area contributed by atoms with Crippen molar-refractivity contribution in [2.24, 2.45) is 5.73 Å². The summed E-state index contributed by atoms with van der Waals surface area (Å²) in [6, 6.07) is 15.8. The Kier molecular flexibility index (Phi) is 14.8. The van der Waals surface area contributed by atoms with Gasteiger partial charge in [0.25, 0.3) is 10.0 Å². The van der Waals surface area contributed by atoms with E-state index in [1.807, 2.05) is 24.3 Å². The van der Waals surface area contributed by atoms with Gasteiger partial charge in [-0.1, -0.05) is 56.3 Å². The lowest BCUT2D eigenvalue weighted by Gasteiger charge is -2.06. The Morgan fingerprint density at radius 3 is 2.32 bits per heavy atom. The molecule has 0 amide bonds. The number of fused-ring (bicyclic) bond motifs is 1. The Morgan fingerprint density at radius 1 is 1.20 bits per heavy atom. The number of ether oxygens (including phenoxy) is 1. The highest BCUT2D eigenvalue weighted by Gasteiger charge is 2.23. The Hall–Kier alpha value is -3.66. The van der Waals surface area contributed by atoms with E-state index in [-0.39, 0.29) is 30.8 Å². The van der Waals surface area contributed by atoms with E-state index in [4.69, 9.17) is 27.2 Å². The molecule has 0 radical (unpaired) electrons. The van der Waals surface area contributed by atoms with Crippen molar-refractivity contribution in [2.45, 2.75) is 57.1 Å². The number of sulfonamides is 1. The fourth-order valence-corrected chi connectivity index (χ4v) is 6.00. The van der Waals surface area contributed by atoms with Crippen LogP contribution in [-0.2, 0) is 32.6 Å². The molecule has 0 spiro atoms. The van der Waals surface area contributed by atoms with Gasteiger partial charge >= 0.3 is 12.1 Å². The number of carboxylic acids is 1. The van der Waals surface area contributed by atoms with Crippen LogP contribution < -0.4 is 15.2 Å². The van der Waals surface area contributed by atoms with Crippen molar-refractivity contribution in [3.63, 3.8) is 0 Å². The van der Waals surface area contributed by atoms with E-state index in [2.05, 4.69) is 28.9 Å². The fraction of sp³-hybridized carbons (Fsp3) is 0.321. The van der Waals surface area contributed by atoms with Crippen molar-refractivity contribution >= 4 is 61.9 Å². The molecule has 2 aromatic carbocycles. The Bertz CT molecular complexity index is 1640. The summed E-state index contributed by atoms with van der Waals surface area (Å²) in [4.78, 5) is 19.4. The topological polar surface area (TPSA) is 154 Å². The van der Waals surface area contributed by atoms with Gasteiger partial charge in [0.1, 0.15) is 22.3 Å². The number of aliphatic carboxylic acids is 1. The van der Waals surface area contributed by atoms with Crippen LogP contribution >= 0.6 is 22.9 Å². The predicted octanol–water partition coefficient (Wildman–Crippen LogP) is 6.36. The molecule has 0 saturated carbocycles. The van der Waals surface area contributed by atoms with Crippen molar-refractivity contribution in [1.82, 2.24) is 9.78 Å². The zero-order chi connectivity index (χ0) is 32.4. The van der Waals surface area contributed by atoms with Gasteiger partial charge in [-0.25, -0.2) is 8.42 Å². The summed E-state index contributed by atoms with van der Waals surface area (Å²) in [6.45, 7) is 2.80. The molecule has 1 unspecified atom stereocenters. The van der Waals surface area contributed by atoms with Crippen LogP contribution in [0.4, 0.5) is 19.0 Å². The fourth-order valence-electron chi connectivity index (χ4n) is 3.50. The van der Waals surface area contributed by atoms with Gasteiger partial charge in [0, 0.05) is 13.3 Å². The number of methoxy groups -OCH3 is 1. The number of nitrogens with two attached hydrogens (primary N) is 1. The van der Waals surface area contributed by atoms with E-state index < -0.39 is 28.2 Å². The molecule has 4 aromatic rings. The minimum Gasteiger partial charge on any atom is -0.496 e. The maximum Gasteiger partial charge on any atom is 0.386 e. The molecule has 16 heteroatoms. The molecular formula is C28H34ClF3N4O6S2. The zero-order valence-corrected chi connectivity index (χ0v) is 25.6. The van der Waals surface area contributed by atoms with Gasteiger partial charge in [-0.2, -0.15) is 18.3 Å². The second-order valence-electron chi connectivity index (χ2n) is 8.83. The Balaban J connectivity index is 0.000000584. The number of rotatable bonds is 10. The minimum absolute atomic E-state index is 0. The molecule has 2 heterocycles. The van der Waals surface area contributed by atoms with Gasteiger partial charge < -0.3 is 20.4 Å². The second-order valence-corrected chi connectivity index (χ2v) is 12.5. The van der Waals surface area contributed by atoms with Gasteiger partial charge in [0.15, 0.2) is 5.82 Å². The molecule has 0 saturated heterocycles. The lowest BCUT2D eigenvalue weighted by molar-refractivity contribution is -0.139. The van der Waals surface area contributed by atoms with E-state index in [0.717, 1.165) is 28.8 Å². The zero-order valence-electron chi connectivity index (χ0n) is 23.3. The van der Waals surface area contributed by atoms with E-state index in [1.165, 1.54) is 11.6 Å². The van der Waals surface area contributed by atoms with Crippen LogP contribution in [0.2, 0.25) is 4.34 Å². The van der Waals surface area contributed by atoms with E-state index >= 15 is 0 Å². The molecule has 44 heavy (non-hydrogen) atoms. The van der Waals surface area contributed by atoms with Crippen LogP contribution in [0.3, 0.4) is 0 Å². The summed E-state index contributed by atoms with van der Waals surface area (Å²) in [7, 11) is -2.28. The molecule has 1 atom stereocenters. The number of nitrogens with zero attached hydrogens (tertiary/aromatic N) is 2. The average Bonchev–Trinajstić information content (AvgIpc) is 3.52. The summed E-state index contributed by atoms with van der Waals surface area (Å²) in [5.74, 6) is -0.376. The lowest BCUT2D eigenvalue weighted by atomic mass is 10.1. The smallest absolute Gasteiger partial charge is 0.386 e. The third kappa shape index (κ3) is 11.8. The summed E-state index contributed by atoms with van der Waals surface area (Å²) >= 11 is 6.91. The van der Waals surface area contributed by atoms with Crippen LogP contribution in [0, 0.1) is 0 Å². The number of nitrogens with one attached hydrogen (secondary N) is 1. The molecule has 2 aromatic heterocycles. The molecule has 0 fully saturated rings. The number of hydrogen-bond donors (Lipinski definition) is 3. The van der Waals surface area contributed by atoms with Crippen LogP contribution in [-0.4, -0.2) is 54.9 Å². The Labute approximate surface area is 262 Å². The standard InChI is InChI=1S/C21H20ClN3O3S2.C4H7NO3.C2H3F3.CH4/c1-3-14-6-4-7-15(12-14)13-25-16-8-5-9-17(28-2)20(16)21(23-25)24-30(26,27)19-11-10-18(22)29-19;5-3(1-2-6)4(7)8;1-2(3,4)5;/h4-12H,3,13H2,1-2H3,(H,23,24);2-3H,1,5H2,(H,7,8);1H3;1H4. The first kappa shape index (κ1) is 38.4. The number of aldehydes is 1. The van der Waals surface area contributed by atoms with Crippen molar-refractivity contribution in [3.8, 4) is 5.75 Å². The number of thiophene rings is 1. The first-order chi connectivity index (χ1) is 20.1. The molecule has 0 aliphatic carbocycles. The van der Waals surface area contributed by atoms with Crippen LogP contribution in [0.1, 0.15) is 38.8 Å². The van der Waals surface area contributed by atoms with E-state index in [9.17, 15) is 31.2 Å². The van der Waals surface area contributed by atoms with Gasteiger partial charge in [0.05, 0.1) is 28.9 Å². The highest BCUT2D eigenvalue weighted by atomic mass is 35.5. The molecule has 0 aliphatic heterocycles. The van der Waals surface area contributed by atoms with Crippen molar-refractivity contribution in [2.75, 3.05) is 11.8 Å². The molecule has 0 bridgehead atoms. The van der Waals surface area contributed by atoms with Crippen LogP contribution in [0.25, 0.3) is 10.9 Å². The number of aryl methyl sites for hydroxylation is 1. The van der Waals surface area contributed by atoms with Gasteiger partial charge in [-0.3, -0.25) is 14.2 Å². The highest BCUT2D eigenvalue weighted by Crippen LogP contribution is 2.35. The summed E-state index contributed by atoms with van der Waals surface area (Å²) in [6.07, 6.45) is -2.69. The minimum atomic E-state index is -4.00. The molecular weight excluding hydrogens is 645 g/mol. The number of alkyl halides is 3. The number of carbonyl (C=O) groups is 2. The number of anilines is 1.